The molecule has 3 rings (SSSR count). The predicted octanol–water partition coefficient (Wildman–Crippen LogP) is 2.91. The second-order valence-corrected chi connectivity index (χ2v) is 5.33. The normalized spacial score (nSPS) is 17.6. The first-order valence-electron chi connectivity index (χ1n) is 7.05. The first kappa shape index (κ1) is 13.5. The van der Waals surface area contributed by atoms with Crippen molar-refractivity contribution in [3.05, 3.63) is 53.6 Å². The number of carbonyl (C=O) groups is 1. The Bertz CT molecular complexity index is 682. The number of fused-ring (bicyclic) bond motifs is 1. The van der Waals surface area contributed by atoms with Crippen molar-refractivity contribution in [3.63, 3.8) is 0 Å². The highest BCUT2D eigenvalue weighted by Gasteiger charge is 2.25. The van der Waals surface area contributed by atoms with Gasteiger partial charge in [-0.25, -0.2) is 0 Å². The molecule has 3 N–H and O–H groups in total. The fourth-order valence-electron chi connectivity index (χ4n) is 2.50. The van der Waals surface area contributed by atoms with Gasteiger partial charge in [-0.3, -0.25) is 4.79 Å². The maximum Gasteiger partial charge on any atom is 0.265 e. The zero-order chi connectivity index (χ0) is 14.8. The van der Waals surface area contributed by atoms with E-state index in [0.717, 1.165) is 23.2 Å². The lowest BCUT2D eigenvalue weighted by molar-refractivity contribution is -0.122. The molecule has 2 aromatic carbocycles. The van der Waals surface area contributed by atoms with E-state index in [0.29, 0.717) is 17.9 Å². The van der Waals surface area contributed by atoms with E-state index in [-0.39, 0.29) is 5.91 Å². The monoisotopic (exact) mass is 282 g/mol. The largest absolute Gasteiger partial charge is 0.478 e. The van der Waals surface area contributed by atoms with E-state index < -0.39 is 6.10 Å². The van der Waals surface area contributed by atoms with E-state index in [4.69, 9.17) is 10.5 Å². The Morgan fingerprint density at radius 1 is 1.24 bits per heavy atom. The number of hydrogen-bond acceptors (Lipinski definition) is 3. The number of ether oxygens (including phenoxy) is 1. The number of rotatable bonds is 2. The summed E-state index contributed by atoms with van der Waals surface area (Å²) in [6.07, 6.45) is 0.906. The van der Waals surface area contributed by atoms with Gasteiger partial charge in [0.1, 0.15) is 5.75 Å². The van der Waals surface area contributed by atoms with Gasteiger partial charge >= 0.3 is 0 Å². The summed E-state index contributed by atoms with van der Waals surface area (Å²) in [4.78, 5) is 12.3. The third kappa shape index (κ3) is 2.84. The van der Waals surface area contributed by atoms with Crippen LogP contribution < -0.4 is 15.8 Å². The molecule has 0 fully saturated rings. The Morgan fingerprint density at radius 3 is 2.90 bits per heavy atom. The van der Waals surface area contributed by atoms with Gasteiger partial charge in [0, 0.05) is 5.69 Å². The molecule has 0 saturated heterocycles. The molecule has 0 spiro atoms. The Labute approximate surface area is 123 Å². The molecule has 4 nitrogen and oxygen atoms in total. The average Bonchev–Trinajstić information content (AvgIpc) is 2.62. The summed E-state index contributed by atoms with van der Waals surface area (Å²) < 4.78 is 5.85. The standard InChI is InChI=1S/C17H18N2O2/c1-11-6-8-13(18)16(10-11)21-15-9-7-12-4-2-3-5-14(12)19-17(15)20/h2-6,8,10,15H,7,9,18H2,1H3,(H,19,20). The lowest BCUT2D eigenvalue weighted by Gasteiger charge is -2.17. The summed E-state index contributed by atoms with van der Waals surface area (Å²) in [5.41, 5.74) is 9.52. The summed E-state index contributed by atoms with van der Waals surface area (Å²) in [7, 11) is 0. The van der Waals surface area contributed by atoms with Crippen LogP contribution in [0, 0.1) is 6.92 Å². The zero-order valence-corrected chi connectivity index (χ0v) is 11.9. The first-order valence-corrected chi connectivity index (χ1v) is 7.05. The molecule has 21 heavy (non-hydrogen) atoms. The van der Waals surface area contributed by atoms with Crippen molar-refractivity contribution in [2.24, 2.45) is 0 Å². The highest BCUT2D eigenvalue weighted by atomic mass is 16.5. The van der Waals surface area contributed by atoms with Crippen LogP contribution in [0.15, 0.2) is 42.5 Å². The molecule has 1 aliphatic heterocycles. The highest BCUT2D eigenvalue weighted by molar-refractivity contribution is 5.95. The van der Waals surface area contributed by atoms with Crippen LogP contribution in [0.5, 0.6) is 5.75 Å². The van der Waals surface area contributed by atoms with Gasteiger partial charge in [-0.05, 0) is 49.1 Å². The number of anilines is 2. The molecule has 1 aliphatic rings. The molecule has 1 atom stereocenters. The molecule has 0 radical (unpaired) electrons. The van der Waals surface area contributed by atoms with Crippen molar-refractivity contribution >= 4 is 17.3 Å². The van der Waals surface area contributed by atoms with Crippen LogP contribution in [0.25, 0.3) is 0 Å². The molecule has 0 aliphatic carbocycles. The van der Waals surface area contributed by atoms with Gasteiger partial charge in [-0.15, -0.1) is 0 Å². The molecular formula is C17H18N2O2. The Kier molecular flexibility index (Phi) is 3.52. The Hall–Kier alpha value is -2.49. The lowest BCUT2D eigenvalue weighted by atomic mass is 10.1. The van der Waals surface area contributed by atoms with Crippen molar-refractivity contribution in [2.45, 2.75) is 25.9 Å². The predicted molar refractivity (Wildman–Crippen MR) is 83.4 cm³/mol. The molecule has 1 amide bonds. The third-order valence-electron chi connectivity index (χ3n) is 3.68. The number of nitrogen functional groups attached to an aromatic ring is 1. The van der Waals surface area contributed by atoms with Crippen LogP contribution in [-0.2, 0) is 11.2 Å². The van der Waals surface area contributed by atoms with E-state index in [9.17, 15) is 4.79 Å². The highest BCUT2D eigenvalue weighted by Crippen LogP contribution is 2.27. The second-order valence-electron chi connectivity index (χ2n) is 5.33. The Balaban J connectivity index is 1.81. The minimum Gasteiger partial charge on any atom is -0.478 e. The number of carbonyl (C=O) groups excluding carboxylic acids is 1. The van der Waals surface area contributed by atoms with Gasteiger partial charge in [0.15, 0.2) is 6.10 Å². The maximum atomic E-state index is 12.3. The third-order valence-corrected chi connectivity index (χ3v) is 3.68. The summed E-state index contributed by atoms with van der Waals surface area (Å²) in [6, 6.07) is 13.4. The van der Waals surface area contributed by atoms with Crippen LogP contribution in [0.2, 0.25) is 0 Å². The smallest absolute Gasteiger partial charge is 0.265 e. The fourth-order valence-corrected chi connectivity index (χ4v) is 2.50. The molecule has 0 aromatic heterocycles. The lowest BCUT2D eigenvalue weighted by Crippen LogP contribution is -2.32. The van der Waals surface area contributed by atoms with E-state index in [1.165, 1.54) is 0 Å². The molecular weight excluding hydrogens is 264 g/mol. The van der Waals surface area contributed by atoms with Gasteiger partial charge < -0.3 is 15.8 Å². The molecule has 4 heteroatoms. The van der Waals surface area contributed by atoms with E-state index in [1.807, 2.05) is 43.3 Å². The van der Waals surface area contributed by atoms with Crippen LogP contribution in [-0.4, -0.2) is 12.0 Å². The fraction of sp³-hybridized carbons (Fsp3) is 0.235. The van der Waals surface area contributed by atoms with Crippen molar-refractivity contribution in [3.8, 4) is 5.75 Å². The quantitative estimate of drug-likeness (QED) is 0.832. The van der Waals surface area contributed by atoms with Gasteiger partial charge in [0.25, 0.3) is 5.91 Å². The van der Waals surface area contributed by atoms with E-state index in [1.54, 1.807) is 6.07 Å². The second kappa shape index (κ2) is 5.48. The van der Waals surface area contributed by atoms with Gasteiger partial charge in [-0.2, -0.15) is 0 Å². The minimum absolute atomic E-state index is 0.124. The number of para-hydroxylation sites is 1. The molecule has 0 saturated carbocycles. The Morgan fingerprint density at radius 2 is 2.05 bits per heavy atom. The summed E-state index contributed by atoms with van der Waals surface area (Å²) >= 11 is 0. The molecule has 2 aromatic rings. The molecule has 108 valence electrons. The van der Waals surface area contributed by atoms with Crippen LogP contribution in [0.3, 0.4) is 0 Å². The van der Waals surface area contributed by atoms with Gasteiger partial charge in [0.2, 0.25) is 0 Å². The number of nitrogens with one attached hydrogen (secondary N) is 1. The minimum atomic E-state index is -0.526. The number of benzene rings is 2. The maximum absolute atomic E-state index is 12.3. The number of aryl methyl sites for hydroxylation is 2. The van der Waals surface area contributed by atoms with Crippen molar-refractivity contribution < 1.29 is 9.53 Å². The molecule has 0 bridgehead atoms. The summed E-state index contributed by atoms with van der Waals surface area (Å²) in [5, 5.41) is 2.92. The van der Waals surface area contributed by atoms with Crippen LogP contribution in [0.1, 0.15) is 17.5 Å². The van der Waals surface area contributed by atoms with Crippen LogP contribution in [0.4, 0.5) is 11.4 Å². The number of amides is 1. The number of hydrogen-bond donors (Lipinski definition) is 2. The van der Waals surface area contributed by atoms with Crippen molar-refractivity contribution in [2.75, 3.05) is 11.1 Å². The first-order chi connectivity index (χ1) is 10.1. The molecule has 1 heterocycles. The summed E-state index contributed by atoms with van der Waals surface area (Å²) in [6.45, 7) is 1.97. The molecule has 1 unspecified atom stereocenters. The van der Waals surface area contributed by atoms with E-state index in [2.05, 4.69) is 5.32 Å². The van der Waals surface area contributed by atoms with Gasteiger partial charge in [0.05, 0.1) is 5.69 Å². The summed E-state index contributed by atoms with van der Waals surface area (Å²) in [5.74, 6) is 0.446. The van der Waals surface area contributed by atoms with Crippen molar-refractivity contribution in [1.29, 1.82) is 0 Å². The van der Waals surface area contributed by atoms with Crippen LogP contribution >= 0.6 is 0 Å². The van der Waals surface area contributed by atoms with Crippen molar-refractivity contribution in [1.82, 2.24) is 0 Å². The zero-order valence-electron chi connectivity index (χ0n) is 11.9. The number of nitrogens with two attached hydrogens (primary N) is 1. The topological polar surface area (TPSA) is 64.3 Å². The SMILES string of the molecule is Cc1ccc(N)c(OC2CCc3ccccc3NC2=O)c1. The van der Waals surface area contributed by atoms with E-state index >= 15 is 0 Å². The average molecular weight is 282 g/mol. The van der Waals surface area contributed by atoms with Gasteiger partial charge in [-0.1, -0.05) is 24.3 Å².